The van der Waals surface area contributed by atoms with Crippen molar-refractivity contribution in [1.82, 2.24) is 9.97 Å². The van der Waals surface area contributed by atoms with Gasteiger partial charge in [-0.25, -0.2) is 9.97 Å². The van der Waals surface area contributed by atoms with E-state index in [0.717, 1.165) is 29.9 Å². The Morgan fingerprint density at radius 3 is 2.74 bits per heavy atom. The highest BCUT2D eigenvalue weighted by Gasteiger charge is 2.19. The van der Waals surface area contributed by atoms with E-state index in [1.807, 2.05) is 18.2 Å². The second kappa shape index (κ2) is 7.61. The third-order valence-corrected chi connectivity index (χ3v) is 4.92. The number of piperidine rings is 1. The average molecular weight is 362 g/mol. The minimum atomic E-state index is -0.130. The van der Waals surface area contributed by atoms with Crippen molar-refractivity contribution in [3.8, 4) is 11.3 Å². The van der Waals surface area contributed by atoms with Crippen LogP contribution >= 0.6 is 0 Å². The van der Waals surface area contributed by atoms with E-state index in [-0.39, 0.29) is 23.7 Å². The lowest BCUT2D eigenvalue weighted by Gasteiger charge is -2.30. The molecule has 0 spiro atoms. The van der Waals surface area contributed by atoms with Crippen LogP contribution in [-0.4, -0.2) is 28.8 Å². The number of ketones is 1. The van der Waals surface area contributed by atoms with E-state index >= 15 is 0 Å². The number of para-hydroxylation sites is 1. The maximum Gasteiger partial charge on any atom is 0.189 e. The molecule has 138 valence electrons. The van der Waals surface area contributed by atoms with Gasteiger partial charge in [-0.2, -0.15) is 0 Å². The molecule has 0 unspecified atom stereocenters. The Bertz CT molecular complexity index is 931. The predicted octanol–water partition coefficient (Wildman–Crippen LogP) is 3.73. The minimum Gasteiger partial charge on any atom is -0.472 e. The lowest BCUT2D eigenvalue weighted by Crippen LogP contribution is -2.30. The number of nitrogen functional groups attached to an aromatic ring is 1. The topological polar surface area (TPSA) is 85.2 Å². The Labute approximate surface area is 158 Å². The van der Waals surface area contributed by atoms with Crippen LogP contribution in [0.25, 0.3) is 11.3 Å². The average Bonchev–Trinajstić information content (AvgIpc) is 3.24. The minimum absolute atomic E-state index is 0.130. The van der Waals surface area contributed by atoms with E-state index in [4.69, 9.17) is 10.2 Å². The molecule has 0 radical (unpaired) electrons. The Morgan fingerprint density at radius 2 is 1.96 bits per heavy atom. The first-order valence-electron chi connectivity index (χ1n) is 9.23. The normalized spacial score (nSPS) is 14.3. The number of Topliss-reactive ketones (excluding diaryl/α,β-unsaturated/α-hetero) is 1. The molecular weight excluding hydrogens is 340 g/mol. The first-order valence-corrected chi connectivity index (χ1v) is 9.23. The molecule has 3 heterocycles. The largest absolute Gasteiger partial charge is 0.472 e. The van der Waals surface area contributed by atoms with Crippen LogP contribution in [0.15, 0.2) is 53.5 Å². The number of carbonyl (C=O) groups excluding carboxylic acids is 1. The van der Waals surface area contributed by atoms with Gasteiger partial charge in [0.15, 0.2) is 11.6 Å². The van der Waals surface area contributed by atoms with E-state index in [1.54, 1.807) is 24.8 Å². The molecule has 6 nitrogen and oxygen atoms in total. The van der Waals surface area contributed by atoms with Gasteiger partial charge in [0.2, 0.25) is 0 Å². The first kappa shape index (κ1) is 17.3. The van der Waals surface area contributed by atoms with Crippen molar-refractivity contribution >= 4 is 17.3 Å². The third-order valence-electron chi connectivity index (χ3n) is 4.92. The summed E-state index contributed by atoms with van der Waals surface area (Å²) >= 11 is 0. The summed E-state index contributed by atoms with van der Waals surface area (Å²) in [6.45, 7) is 2.06. The molecule has 4 rings (SSSR count). The van der Waals surface area contributed by atoms with Crippen LogP contribution in [0.5, 0.6) is 0 Å². The molecule has 0 saturated carbocycles. The zero-order valence-electron chi connectivity index (χ0n) is 15.1. The highest BCUT2D eigenvalue weighted by atomic mass is 16.3. The zero-order valence-corrected chi connectivity index (χ0v) is 15.1. The second-order valence-corrected chi connectivity index (χ2v) is 6.78. The van der Waals surface area contributed by atoms with Crippen molar-refractivity contribution < 1.29 is 9.21 Å². The van der Waals surface area contributed by atoms with E-state index < -0.39 is 0 Å². The van der Waals surface area contributed by atoms with Gasteiger partial charge in [-0.1, -0.05) is 18.2 Å². The molecule has 1 aromatic carbocycles. The van der Waals surface area contributed by atoms with Crippen molar-refractivity contribution in [3.05, 3.63) is 60.3 Å². The van der Waals surface area contributed by atoms with Gasteiger partial charge in [0.1, 0.15) is 5.69 Å². The quantitative estimate of drug-likeness (QED) is 0.696. The molecule has 1 aliphatic heterocycles. The molecule has 1 saturated heterocycles. The molecule has 0 bridgehead atoms. The van der Waals surface area contributed by atoms with E-state index in [1.165, 1.54) is 19.3 Å². The Hall–Kier alpha value is -3.15. The van der Waals surface area contributed by atoms with Gasteiger partial charge < -0.3 is 15.1 Å². The summed E-state index contributed by atoms with van der Waals surface area (Å²) in [4.78, 5) is 23.9. The summed E-state index contributed by atoms with van der Waals surface area (Å²) in [6, 6.07) is 9.86. The van der Waals surface area contributed by atoms with E-state index in [0.29, 0.717) is 5.69 Å². The predicted molar refractivity (Wildman–Crippen MR) is 105 cm³/mol. The summed E-state index contributed by atoms with van der Waals surface area (Å²) in [5.41, 5.74) is 9.63. The van der Waals surface area contributed by atoms with Gasteiger partial charge in [0.25, 0.3) is 0 Å². The van der Waals surface area contributed by atoms with Gasteiger partial charge in [0.05, 0.1) is 24.4 Å². The van der Waals surface area contributed by atoms with Crippen LogP contribution in [0.2, 0.25) is 0 Å². The van der Waals surface area contributed by atoms with Crippen molar-refractivity contribution in [2.24, 2.45) is 0 Å². The molecule has 2 N–H and O–H groups in total. The van der Waals surface area contributed by atoms with Crippen LogP contribution in [0, 0.1) is 0 Å². The SMILES string of the molecule is Nc1ncc(-c2ccoc2)nc1C(=O)Cc1ccccc1N1CCCCC1. The Kier molecular flexibility index (Phi) is 4.87. The molecule has 1 aliphatic rings. The van der Waals surface area contributed by atoms with Crippen LogP contribution in [0.4, 0.5) is 11.5 Å². The molecule has 0 atom stereocenters. The fourth-order valence-electron chi connectivity index (χ4n) is 3.51. The van der Waals surface area contributed by atoms with Gasteiger partial charge in [-0.3, -0.25) is 4.79 Å². The molecule has 1 fully saturated rings. The highest BCUT2D eigenvalue weighted by molar-refractivity contribution is 6.00. The summed E-state index contributed by atoms with van der Waals surface area (Å²) in [5.74, 6) is 0.0255. The smallest absolute Gasteiger partial charge is 0.189 e. The van der Waals surface area contributed by atoms with Gasteiger partial charge in [0, 0.05) is 30.8 Å². The third kappa shape index (κ3) is 3.69. The van der Waals surface area contributed by atoms with Crippen molar-refractivity contribution in [3.63, 3.8) is 0 Å². The number of nitrogens with two attached hydrogens (primary N) is 1. The van der Waals surface area contributed by atoms with Gasteiger partial charge in [-0.15, -0.1) is 0 Å². The van der Waals surface area contributed by atoms with Gasteiger partial charge in [-0.05, 0) is 37.0 Å². The number of hydrogen-bond acceptors (Lipinski definition) is 6. The van der Waals surface area contributed by atoms with Gasteiger partial charge >= 0.3 is 0 Å². The summed E-state index contributed by atoms with van der Waals surface area (Å²) in [7, 11) is 0. The van der Waals surface area contributed by atoms with Crippen LogP contribution in [-0.2, 0) is 6.42 Å². The number of hydrogen-bond donors (Lipinski definition) is 1. The maximum absolute atomic E-state index is 13.0. The van der Waals surface area contributed by atoms with E-state index in [9.17, 15) is 4.79 Å². The number of furan rings is 1. The van der Waals surface area contributed by atoms with Crippen LogP contribution < -0.4 is 10.6 Å². The zero-order chi connectivity index (χ0) is 18.6. The standard InChI is InChI=1S/C21H22N4O2/c22-21-20(24-17(13-23-21)16-8-11-27-14-16)19(26)12-15-6-2-3-7-18(15)25-9-4-1-5-10-25/h2-3,6-8,11,13-14H,1,4-5,9-10,12H2,(H2,22,23). The van der Waals surface area contributed by atoms with Crippen molar-refractivity contribution in [2.45, 2.75) is 25.7 Å². The first-order chi connectivity index (χ1) is 13.2. The Morgan fingerprint density at radius 1 is 1.15 bits per heavy atom. The van der Waals surface area contributed by atoms with Crippen LogP contribution in [0.1, 0.15) is 35.3 Å². The van der Waals surface area contributed by atoms with Crippen molar-refractivity contribution in [2.75, 3.05) is 23.7 Å². The Balaban J connectivity index is 1.61. The number of carbonyl (C=O) groups is 1. The molecule has 6 heteroatoms. The number of anilines is 2. The lowest BCUT2D eigenvalue weighted by molar-refractivity contribution is 0.0989. The second-order valence-electron chi connectivity index (χ2n) is 6.78. The monoisotopic (exact) mass is 362 g/mol. The molecular formula is C21H22N4O2. The summed E-state index contributed by atoms with van der Waals surface area (Å²) < 4.78 is 5.09. The molecule has 2 aromatic heterocycles. The van der Waals surface area contributed by atoms with E-state index in [2.05, 4.69) is 20.9 Å². The number of benzene rings is 1. The van der Waals surface area contributed by atoms with Crippen molar-refractivity contribution in [1.29, 1.82) is 0 Å². The lowest BCUT2D eigenvalue weighted by atomic mass is 10.0. The number of nitrogens with zero attached hydrogens (tertiary/aromatic N) is 3. The fourth-order valence-corrected chi connectivity index (χ4v) is 3.51. The molecule has 27 heavy (non-hydrogen) atoms. The summed E-state index contributed by atoms with van der Waals surface area (Å²) in [6.07, 6.45) is 8.58. The number of aromatic nitrogens is 2. The molecule has 0 amide bonds. The van der Waals surface area contributed by atoms with Crippen LogP contribution in [0.3, 0.4) is 0 Å². The molecule has 3 aromatic rings. The number of rotatable bonds is 5. The fraction of sp³-hybridized carbons (Fsp3) is 0.286. The highest BCUT2D eigenvalue weighted by Crippen LogP contribution is 2.26. The summed E-state index contributed by atoms with van der Waals surface area (Å²) in [5, 5.41) is 0. The maximum atomic E-state index is 13.0. The molecule has 0 aliphatic carbocycles.